The zero-order valence-electron chi connectivity index (χ0n) is 13.3. The van der Waals surface area contributed by atoms with E-state index < -0.39 is 0 Å². The Balaban J connectivity index is 1.85. The normalized spacial score (nSPS) is 24.6. The van der Waals surface area contributed by atoms with Crippen molar-refractivity contribution >= 4 is 0 Å². The summed E-state index contributed by atoms with van der Waals surface area (Å²) in [5, 5.41) is 3.29. The molecule has 1 aromatic rings. The van der Waals surface area contributed by atoms with Crippen molar-refractivity contribution in [3.63, 3.8) is 0 Å². The molecule has 0 heterocycles. The summed E-state index contributed by atoms with van der Waals surface area (Å²) < 4.78 is 17.0. The molecule has 1 aliphatic rings. The van der Waals surface area contributed by atoms with Gasteiger partial charge in [-0.3, -0.25) is 0 Å². The summed E-state index contributed by atoms with van der Waals surface area (Å²) in [5.74, 6) is 0.917. The summed E-state index contributed by atoms with van der Waals surface area (Å²) in [6.45, 7) is 3.67. The molecular formula is C17H27NO3. The summed E-state index contributed by atoms with van der Waals surface area (Å²) in [4.78, 5) is 0. The summed E-state index contributed by atoms with van der Waals surface area (Å²) >= 11 is 0. The van der Waals surface area contributed by atoms with Gasteiger partial charge in [0.2, 0.25) is 0 Å². The molecule has 0 saturated heterocycles. The minimum atomic E-state index is 0.152. The van der Waals surface area contributed by atoms with Gasteiger partial charge in [0.1, 0.15) is 18.0 Å². The Morgan fingerprint density at radius 1 is 1.19 bits per heavy atom. The first-order chi connectivity index (χ1) is 10.3. The fourth-order valence-corrected chi connectivity index (χ4v) is 2.59. The molecule has 0 radical (unpaired) electrons. The highest BCUT2D eigenvalue weighted by atomic mass is 16.5. The maximum Gasteiger partial charge on any atom is 0.128 e. The van der Waals surface area contributed by atoms with Crippen LogP contribution < -0.4 is 10.1 Å². The zero-order valence-corrected chi connectivity index (χ0v) is 13.3. The summed E-state index contributed by atoms with van der Waals surface area (Å²) in [7, 11) is 3.70. The van der Waals surface area contributed by atoms with E-state index >= 15 is 0 Å². The Morgan fingerprint density at radius 3 is 2.57 bits per heavy atom. The molecule has 0 bridgehead atoms. The lowest BCUT2D eigenvalue weighted by molar-refractivity contribution is -0.106. The SMILES string of the molecule is CCCOC1C(NC)CC1Oc1ccc(CCOC)cc1. The van der Waals surface area contributed by atoms with E-state index in [-0.39, 0.29) is 12.2 Å². The van der Waals surface area contributed by atoms with Crippen LogP contribution in [0.1, 0.15) is 25.3 Å². The second-order valence-corrected chi connectivity index (χ2v) is 5.51. The topological polar surface area (TPSA) is 39.7 Å². The van der Waals surface area contributed by atoms with E-state index in [2.05, 4.69) is 24.4 Å². The number of ether oxygens (including phenoxy) is 3. The number of nitrogens with one attached hydrogen (secondary N) is 1. The Morgan fingerprint density at radius 2 is 1.95 bits per heavy atom. The summed E-state index contributed by atoms with van der Waals surface area (Å²) in [6, 6.07) is 8.68. The molecule has 0 amide bonds. The van der Waals surface area contributed by atoms with Crippen LogP contribution in [0, 0.1) is 0 Å². The van der Waals surface area contributed by atoms with Crippen LogP contribution in [0.2, 0.25) is 0 Å². The predicted molar refractivity (Wildman–Crippen MR) is 83.9 cm³/mol. The first-order valence-electron chi connectivity index (χ1n) is 7.81. The number of methoxy groups -OCH3 is 1. The van der Waals surface area contributed by atoms with Crippen molar-refractivity contribution in [2.75, 3.05) is 27.4 Å². The number of benzene rings is 1. The van der Waals surface area contributed by atoms with Gasteiger partial charge in [0.25, 0.3) is 0 Å². The van der Waals surface area contributed by atoms with Crippen LogP contribution in [0.5, 0.6) is 5.75 Å². The van der Waals surface area contributed by atoms with Gasteiger partial charge in [-0.15, -0.1) is 0 Å². The van der Waals surface area contributed by atoms with Gasteiger partial charge in [0.05, 0.1) is 6.61 Å². The third-order valence-corrected chi connectivity index (χ3v) is 3.94. The van der Waals surface area contributed by atoms with Crippen molar-refractivity contribution in [1.82, 2.24) is 5.32 Å². The number of hydrogen-bond acceptors (Lipinski definition) is 4. The maximum absolute atomic E-state index is 6.06. The predicted octanol–water partition coefficient (Wildman–Crippen LogP) is 2.41. The monoisotopic (exact) mass is 293 g/mol. The first-order valence-corrected chi connectivity index (χ1v) is 7.81. The van der Waals surface area contributed by atoms with E-state index in [9.17, 15) is 0 Å². The van der Waals surface area contributed by atoms with Crippen molar-refractivity contribution in [1.29, 1.82) is 0 Å². The fourth-order valence-electron chi connectivity index (χ4n) is 2.59. The highest BCUT2D eigenvalue weighted by Gasteiger charge is 2.42. The lowest BCUT2D eigenvalue weighted by Crippen LogP contribution is -2.60. The molecule has 1 saturated carbocycles. The fraction of sp³-hybridized carbons (Fsp3) is 0.647. The molecule has 0 aromatic heterocycles. The molecule has 1 aromatic carbocycles. The molecule has 1 fully saturated rings. The number of hydrogen-bond donors (Lipinski definition) is 1. The Hall–Kier alpha value is -1.10. The molecular weight excluding hydrogens is 266 g/mol. The van der Waals surface area contributed by atoms with E-state index in [1.165, 1.54) is 5.56 Å². The standard InChI is InChI=1S/C17H27NO3/c1-4-10-20-17-15(18-2)12-16(17)21-14-7-5-13(6-8-14)9-11-19-3/h5-8,15-18H,4,9-12H2,1-3H3. The van der Waals surface area contributed by atoms with Crippen molar-refractivity contribution in [3.8, 4) is 5.75 Å². The third-order valence-electron chi connectivity index (χ3n) is 3.94. The molecule has 3 atom stereocenters. The van der Waals surface area contributed by atoms with Crippen molar-refractivity contribution in [2.24, 2.45) is 0 Å². The van der Waals surface area contributed by atoms with Crippen LogP contribution in [0.25, 0.3) is 0 Å². The zero-order chi connectivity index (χ0) is 15.1. The molecule has 0 spiro atoms. The molecule has 21 heavy (non-hydrogen) atoms. The Kier molecular flexibility index (Phi) is 6.49. The van der Waals surface area contributed by atoms with E-state index in [1.807, 2.05) is 19.2 Å². The van der Waals surface area contributed by atoms with Gasteiger partial charge in [-0.25, -0.2) is 0 Å². The smallest absolute Gasteiger partial charge is 0.128 e. The van der Waals surface area contributed by atoms with E-state index in [0.717, 1.165) is 38.2 Å². The Bertz CT molecular complexity index is 407. The van der Waals surface area contributed by atoms with Crippen LogP contribution in [-0.2, 0) is 15.9 Å². The third kappa shape index (κ3) is 4.43. The van der Waals surface area contributed by atoms with Crippen molar-refractivity contribution in [2.45, 2.75) is 44.4 Å². The van der Waals surface area contributed by atoms with Gasteiger partial charge in [0.15, 0.2) is 0 Å². The van der Waals surface area contributed by atoms with E-state index in [0.29, 0.717) is 6.04 Å². The maximum atomic E-state index is 6.06. The quantitative estimate of drug-likeness (QED) is 0.759. The number of rotatable bonds is 9. The highest BCUT2D eigenvalue weighted by molar-refractivity contribution is 5.28. The average Bonchev–Trinajstić information content (AvgIpc) is 2.50. The summed E-state index contributed by atoms with van der Waals surface area (Å²) in [5.41, 5.74) is 1.27. The van der Waals surface area contributed by atoms with Crippen LogP contribution in [-0.4, -0.2) is 45.6 Å². The van der Waals surface area contributed by atoms with Crippen LogP contribution >= 0.6 is 0 Å². The lowest BCUT2D eigenvalue weighted by atomic mass is 9.85. The van der Waals surface area contributed by atoms with Crippen LogP contribution in [0.3, 0.4) is 0 Å². The lowest BCUT2D eigenvalue weighted by Gasteiger charge is -2.43. The van der Waals surface area contributed by atoms with Gasteiger partial charge in [-0.05, 0) is 37.6 Å². The van der Waals surface area contributed by atoms with Crippen LogP contribution in [0.15, 0.2) is 24.3 Å². The minimum absolute atomic E-state index is 0.152. The van der Waals surface area contributed by atoms with Crippen molar-refractivity contribution in [3.05, 3.63) is 29.8 Å². The molecule has 2 rings (SSSR count). The average molecular weight is 293 g/mol. The first kappa shape index (κ1) is 16.3. The van der Waals surface area contributed by atoms with E-state index in [4.69, 9.17) is 14.2 Å². The largest absolute Gasteiger partial charge is 0.488 e. The summed E-state index contributed by atoms with van der Waals surface area (Å²) in [6.07, 6.45) is 3.27. The number of likely N-dealkylation sites (N-methyl/N-ethyl adjacent to an activating group) is 1. The minimum Gasteiger partial charge on any atom is -0.488 e. The molecule has 118 valence electrons. The molecule has 1 aliphatic carbocycles. The van der Waals surface area contributed by atoms with Gasteiger partial charge in [0, 0.05) is 26.2 Å². The highest BCUT2D eigenvalue weighted by Crippen LogP contribution is 2.29. The molecule has 3 unspecified atom stereocenters. The second-order valence-electron chi connectivity index (χ2n) is 5.51. The van der Waals surface area contributed by atoms with Gasteiger partial charge in [-0.1, -0.05) is 19.1 Å². The Labute approximate surface area is 127 Å². The van der Waals surface area contributed by atoms with Gasteiger partial charge < -0.3 is 19.5 Å². The van der Waals surface area contributed by atoms with Gasteiger partial charge >= 0.3 is 0 Å². The molecule has 4 nitrogen and oxygen atoms in total. The van der Waals surface area contributed by atoms with Crippen molar-refractivity contribution < 1.29 is 14.2 Å². The van der Waals surface area contributed by atoms with Gasteiger partial charge in [-0.2, -0.15) is 0 Å². The van der Waals surface area contributed by atoms with Crippen LogP contribution in [0.4, 0.5) is 0 Å². The molecule has 4 heteroatoms. The molecule has 0 aliphatic heterocycles. The second kappa shape index (κ2) is 8.37. The van der Waals surface area contributed by atoms with E-state index in [1.54, 1.807) is 7.11 Å². The molecule has 1 N–H and O–H groups in total.